The molecule has 3 heterocycles. The van der Waals surface area contributed by atoms with Crippen molar-refractivity contribution in [3.05, 3.63) is 88.0 Å². The molecule has 0 fully saturated rings. The van der Waals surface area contributed by atoms with E-state index in [1.54, 1.807) is 30.0 Å². The van der Waals surface area contributed by atoms with Gasteiger partial charge in [0.2, 0.25) is 0 Å². The monoisotopic (exact) mass is 643 g/mol. The number of fused-ring (bicyclic) bond motifs is 2. The molecule has 0 radical (unpaired) electrons. The van der Waals surface area contributed by atoms with E-state index in [1.165, 1.54) is 11.7 Å². The first-order valence-electron chi connectivity index (χ1n) is 12.9. The molecule has 0 saturated heterocycles. The van der Waals surface area contributed by atoms with Crippen LogP contribution in [0, 0.1) is 0 Å². The Labute approximate surface area is 248 Å². The van der Waals surface area contributed by atoms with E-state index in [4.69, 9.17) is 26.1 Å². The molecule has 2 aliphatic heterocycles. The van der Waals surface area contributed by atoms with E-state index in [2.05, 4.69) is 15.9 Å². The van der Waals surface area contributed by atoms with Gasteiger partial charge in [0.15, 0.2) is 4.80 Å². The molecular weight excluding hydrogens is 618 g/mol. The van der Waals surface area contributed by atoms with Crippen LogP contribution < -0.4 is 24.5 Å². The zero-order chi connectivity index (χ0) is 28.7. The molecule has 1 aromatic heterocycles. The number of hydrogen-bond donors (Lipinski definition) is 0. The highest BCUT2D eigenvalue weighted by Crippen LogP contribution is 2.39. The van der Waals surface area contributed by atoms with Crippen molar-refractivity contribution in [3.63, 3.8) is 0 Å². The molecular formula is C29H27BrClN3O5S. The number of nitrogens with zero attached hydrogens (tertiary/aromatic N) is 3. The maximum absolute atomic E-state index is 14.4. The number of aromatic nitrogens is 1. The van der Waals surface area contributed by atoms with Crippen LogP contribution in [0.25, 0.3) is 5.57 Å². The highest BCUT2D eigenvalue weighted by atomic mass is 79.9. The molecule has 0 N–H and O–H groups in total. The van der Waals surface area contributed by atoms with E-state index < -0.39 is 17.6 Å². The SMILES string of the molecule is CCCC1=C(C(=O)OCC)[C@H](c2cc(Cl)ccc2OC)n2c(s/c(=C3\C(=O)N(CC)c4ccc(Br)cc43)c2=O)=N1. The summed E-state index contributed by atoms with van der Waals surface area (Å²) in [4.78, 5) is 48.3. The van der Waals surface area contributed by atoms with Crippen LogP contribution in [-0.2, 0) is 14.3 Å². The number of carbonyl (C=O) groups is 2. The Hall–Kier alpha value is -3.21. The third-order valence-electron chi connectivity index (χ3n) is 6.88. The highest BCUT2D eigenvalue weighted by molar-refractivity contribution is 9.10. The third-order valence-corrected chi connectivity index (χ3v) is 8.66. The first kappa shape index (κ1) is 28.3. The van der Waals surface area contributed by atoms with E-state index >= 15 is 0 Å². The van der Waals surface area contributed by atoms with Crippen LogP contribution in [0.15, 0.2) is 61.9 Å². The van der Waals surface area contributed by atoms with E-state index in [-0.39, 0.29) is 22.6 Å². The predicted molar refractivity (Wildman–Crippen MR) is 159 cm³/mol. The fourth-order valence-electron chi connectivity index (χ4n) is 5.22. The summed E-state index contributed by atoms with van der Waals surface area (Å²) in [6.07, 6.45) is 1.20. The van der Waals surface area contributed by atoms with Crippen LogP contribution in [0.2, 0.25) is 5.02 Å². The number of anilines is 1. The molecule has 2 aromatic carbocycles. The normalized spacial score (nSPS) is 17.5. The minimum absolute atomic E-state index is 0.155. The fourth-order valence-corrected chi connectivity index (χ4v) is 6.87. The van der Waals surface area contributed by atoms with Gasteiger partial charge in [-0.05, 0) is 56.7 Å². The molecule has 11 heteroatoms. The smallest absolute Gasteiger partial charge is 0.338 e. The molecule has 0 spiro atoms. The van der Waals surface area contributed by atoms with Gasteiger partial charge >= 0.3 is 5.97 Å². The standard InChI is InChI=1S/C29H27BrClN3O5S/c1-5-8-19-23(28(37)39-7-3)24(18-14-16(31)10-12-21(18)38-4)34-27(36)25(40-29(34)32-19)22-17-13-15(30)9-11-20(17)33(6-2)26(22)35/h9-14,24H,5-8H2,1-4H3/b25-22-/t24-/m0/s1. The van der Waals surface area contributed by atoms with Gasteiger partial charge < -0.3 is 14.4 Å². The Morgan fingerprint density at radius 1 is 1.15 bits per heavy atom. The number of halogens is 2. The molecule has 208 valence electrons. The Morgan fingerprint density at radius 3 is 2.60 bits per heavy atom. The zero-order valence-corrected chi connectivity index (χ0v) is 25.6. The number of amides is 1. The summed E-state index contributed by atoms with van der Waals surface area (Å²) >= 11 is 11.1. The van der Waals surface area contributed by atoms with Crippen LogP contribution in [-0.4, -0.2) is 36.7 Å². The quantitative estimate of drug-likeness (QED) is 0.347. The number of rotatable bonds is 7. The van der Waals surface area contributed by atoms with Gasteiger partial charge in [0, 0.05) is 27.2 Å². The number of benzene rings is 2. The lowest BCUT2D eigenvalue weighted by Crippen LogP contribution is -2.41. The van der Waals surface area contributed by atoms with Crippen LogP contribution in [0.4, 0.5) is 5.69 Å². The molecule has 1 amide bonds. The topological polar surface area (TPSA) is 90.2 Å². The number of hydrogen-bond acceptors (Lipinski definition) is 7. The van der Waals surface area contributed by atoms with Crippen LogP contribution >= 0.6 is 38.9 Å². The van der Waals surface area contributed by atoms with Gasteiger partial charge in [-0.2, -0.15) is 0 Å². The summed E-state index contributed by atoms with van der Waals surface area (Å²) in [7, 11) is 1.52. The van der Waals surface area contributed by atoms with Crippen LogP contribution in [0.5, 0.6) is 5.75 Å². The average Bonchev–Trinajstić information content (AvgIpc) is 3.39. The maximum atomic E-state index is 14.4. The molecule has 8 nitrogen and oxygen atoms in total. The van der Waals surface area contributed by atoms with Gasteiger partial charge in [-0.1, -0.05) is 52.2 Å². The second-order valence-electron chi connectivity index (χ2n) is 9.21. The third kappa shape index (κ3) is 4.61. The minimum Gasteiger partial charge on any atom is -0.496 e. The molecule has 40 heavy (non-hydrogen) atoms. The van der Waals surface area contributed by atoms with Gasteiger partial charge in [0.25, 0.3) is 11.5 Å². The van der Waals surface area contributed by atoms with Gasteiger partial charge in [-0.15, -0.1) is 0 Å². The second kappa shape index (κ2) is 11.3. The van der Waals surface area contributed by atoms with E-state index in [1.807, 2.05) is 32.0 Å². The summed E-state index contributed by atoms with van der Waals surface area (Å²) in [5, 5.41) is 0.418. The molecule has 0 aliphatic carbocycles. The highest BCUT2D eigenvalue weighted by Gasteiger charge is 2.38. The molecule has 0 saturated carbocycles. The van der Waals surface area contributed by atoms with Crippen molar-refractivity contribution in [1.29, 1.82) is 0 Å². The average molecular weight is 645 g/mol. The number of methoxy groups -OCH3 is 1. The predicted octanol–water partition coefficient (Wildman–Crippen LogP) is 4.74. The van der Waals surface area contributed by atoms with Gasteiger partial charge in [-0.25, -0.2) is 9.79 Å². The summed E-state index contributed by atoms with van der Waals surface area (Å²) in [5.74, 6) is -0.366. The molecule has 5 rings (SSSR count). The van der Waals surface area contributed by atoms with E-state index in [0.717, 1.165) is 21.5 Å². The van der Waals surface area contributed by atoms with E-state index in [0.29, 0.717) is 57.4 Å². The summed E-state index contributed by atoms with van der Waals surface area (Å²) in [6, 6.07) is 9.73. The lowest BCUT2D eigenvalue weighted by molar-refractivity contribution is -0.139. The van der Waals surface area contributed by atoms with Crippen molar-refractivity contribution < 1.29 is 19.1 Å². The van der Waals surface area contributed by atoms with Gasteiger partial charge in [0.1, 0.15) is 16.3 Å². The number of thiazole rings is 1. The molecule has 0 bridgehead atoms. The van der Waals surface area contributed by atoms with Crippen molar-refractivity contribution >= 4 is 62.0 Å². The second-order valence-corrected chi connectivity index (χ2v) is 11.5. The number of esters is 1. The first-order chi connectivity index (χ1) is 19.2. The number of allylic oxidation sites excluding steroid dienone is 1. The lowest BCUT2D eigenvalue weighted by Gasteiger charge is -2.27. The first-order valence-corrected chi connectivity index (χ1v) is 14.9. The van der Waals surface area contributed by atoms with Gasteiger partial charge in [-0.3, -0.25) is 14.2 Å². The van der Waals surface area contributed by atoms with E-state index in [9.17, 15) is 14.4 Å². The van der Waals surface area contributed by atoms with Gasteiger partial charge in [0.05, 0.1) is 36.2 Å². The van der Waals surface area contributed by atoms with Crippen LogP contribution in [0.3, 0.4) is 0 Å². The zero-order valence-electron chi connectivity index (χ0n) is 22.4. The summed E-state index contributed by atoms with van der Waals surface area (Å²) in [6.45, 7) is 6.21. The van der Waals surface area contributed by atoms with Crippen molar-refractivity contribution in [2.45, 2.75) is 39.7 Å². The summed E-state index contributed by atoms with van der Waals surface area (Å²) in [5.41, 5.74) is 2.60. The molecule has 3 aromatic rings. The lowest BCUT2D eigenvalue weighted by atomic mass is 9.93. The van der Waals surface area contributed by atoms with Crippen LogP contribution in [0.1, 0.15) is 50.8 Å². The van der Waals surface area contributed by atoms with Crippen molar-refractivity contribution in [1.82, 2.24) is 4.57 Å². The Morgan fingerprint density at radius 2 is 1.93 bits per heavy atom. The molecule has 0 unspecified atom stereocenters. The Kier molecular flexibility index (Phi) is 8.03. The van der Waals surface area contributed by atoms with Crippen molar-refractivity contribution in [2.24, 2.45) is 4.99 Å². The summed E-state index contributed by atoms with van der Waals surface area (Å²) < 4.78 is 13.6. The van der Waals surface area contributed by atoms with Crippen molar-refractivity contribution in [3.8, 4) is 5.75 Å². The number of likely N-dealkylation sites (N-methyl/N-ethyl adjacent to an activating group) is 1. The Bertz CT molecular complexity index is 1760. The maximum Gasteiger partial charge on any atom is 0.338 e. The molecule has 1 atom stereocenters. The molecule has 2 aliphatic rings. The number of ether oxygens (including phenoxy) is 2. The number of carbonyl (C=O) groups excluding carboxylic acids is 2. The largest absolute Gasteiger partial charge is 0.496 e. The fraction of sp³-hybridized carbons (Fsp3) is 0.310. The Balaban J connectivity index is 1.90. The minimum atomic E-state index is -0.916. The van der Waals surface area contributed by atoms with Crippen molar-refractivity contribution in [2.75, 3.05) is 25.2 Å².